The molecule has 0 spiro atoms. The molecule has 1 aromatic carbocycles. The number of hydrogen-bond donors (Lipinski definition) is 4. The molecule has 1 aromatic rings. The first-order chi connectivity index (χ1) is 18.1. The van der Waals surface area contributed by atoms with Gasteiger partial charge in [-0.25, -0.2) is 0 Å². The van der Waals surface area contributed by atoms with Crippen molar-refractivity contribution in [2.45, 2.75) is 102 Å². The molecular weight excluding hydrogens is 494 g/mol. The first-order valence-corrected chi connectivity index (χ1v) is 16.1. The fourth-order valence-corrected chi connectivity index (χ4v) is 10.4. The highest BCUT2D eigenvalue weighted by molar-refractivity contribution is 7.99. The Kier molecular flexibility index (Phi) is 8.55. The minimum Gasteiger partial charge on any atom is -0.393 e. The zero-order valence-electron chi connectivity index (χ0n) is 23.5. The van der Waals surface area contributed by atoms with E-state index in [1.54, 1.807) is 11.8 Å². The SMILES string of the molecule is C[C@H](CCC(=O)NCCSc1ccccc1)[C@H]1CC[C@H]2[C@@H]3[C@H](O)C[C@@H]4C[C@H](O)CC[C@]4(C)[C@H]3C[C@H](O)[C@]12C. The lowest BCUT2D eigenvalue weighted by Crippen LogP contribution is -2.62. The minimum absolute atomic E-state index is 0.103. The van der Waals surface area contributed by atoms with Crippen LogP contribution in [0, 0.1) is 46.3 Å². The quantitative estimate of drug-likeness (QED) is 0.265. The van der Waals surface area contributed by atoms with Gasteiger partial charge in [0, 0.05) is 23.6 Å². The summed E-state index contributed by atoms with van der Waals surface area (Å²) in [4.78, 5) is 13.8. The monoisotopic (exact) mass is 543 g/mol. The topological polar surface area (TPSA) is 89.8 Å². The molecule has 4 fully saturated rings. The van der Waals surface area contributed by atoms with Crippen LogP contribution >= 0.6 is 11.8 Å². The molecule has 0 aromatic heterocycles. The number of rotatable bonds is 8. The van der Waals surface area contributed by atoms with Crippen molar-refractivity contribution in [3.8, 4) is 0 Å². The van der Waals surface area contributed by atoms with Gasteiger partial charge in [-0.3, -0.25) is 4.79 Å². The Labute approximate surface area is 233 Å². The van der Waals surface area contributed by atoms with Gasteiger partial charge in [-0.2, -0.15) is 0 Å². The molecule has 0 unspecified atom stereocenters. The van der Waals surface area contributed by atoms with Crippen LogP contribution < -0.4 is 5.32 Å². The Hall–Kier alpha value is -1.08. The summed E-state index contributed by atoms with van der Waals surface area (Å²) in [6, 6.07) is 10.3. The van der Waals surface area contributed by atoms with E-state index in [1.165, 1.54) is 4.90 Å². The van der Waals surface area contributed by atoms with E-state index in [0.29, 0.717) is 42.6 Å². The first kappa shape index (κ1) is 28.4. The highest BCUT2D eigenvalue weighted by atomic mass is 32.2. The number of thioether (sulfide) groups is 1. The first-order valence-electron chi connectivity index (χ1n) is 15.1. The second-order valence-corrected chi connectivity index (χ2v) is 14.7. The van der Waals surface area contributed by atoms with E-state index in [9.17, 15) is 20.1 Å². The van der Waals surface area contributed by atoms with E-state index >= 15 is 0 Å². The number of amides is 1. The molecule has 6 heteroatoms. The molecule has 11 atom stereocenters. The van der Waals surface area contributed by atoms with E-state index < -0.39 is 0 Å². The Bertz CT molecular complexity index is 960. The van der Waals surface area contributed by atoms with Gasteiger partial charge >= 0.3 is 0 Å². The molecule has 4 aliphatic rings. The normalized spacial score (nSPS) is 43.0. The largest absolute Gasteiger partial charge is 0.393 e. The molecule has 212 valence electrons. The number of fused-ring (bicyclic) bond motifs is 5. The summed E-state index contributed by atoms with van der Waals surface area (Å²) in [5, 5.41) is 36.6. The van der Waals surface area contributed by atoms with Crippen LogP contribution in [0.3, 0.4) is 0 Å². The van der Waals surface area contributed by atoms with Gasteiger partial charge in [-0.05, 0) is 110 Å². The highest BCUT2D eigenvalue weighted by Crippen LogP contribution is 2.68. The maximum atomic E-state index is 12.6. The lowest BCUT2D eigenvalue weighted by atomic mass is 9.43. The van der Waals surface area contributed by atoms with Crippen molar-refractivity contribution >= 4 is 17.7 Å². The molecule has 38 heavy (non-hydrogen) atoms. The molecule has 0 saturated heterocycles. The van der Waals surface area contributed by atoms with Crippen molar-refractivity contribution in [1.29, 1.82) is 0 Å². The summed E-state index contributed by atoms with van der Waals surface area (Å²) in [5.74, 6) is 2.95. The smallest absolute Gasteiger partial charge is 0.220 e. The number of aliphatic hydroxyl groups excluding tert-OH is 3. The Morgan fingerprint density at radius 1 is 1.05 bits per heavy atom. The van der Waals surface area contributed by atoms with Gasteiger partial charge in [0.15, 0.2) is 0 Å². The van der Waals surface area contributed by atoms with E-state index in [-0.39, 0.29) is 41.0 Å². The van der Waals surface area contributed by atoms with Crippen LogP contribution in [0.15, 0.2) is 35.2 Å². The van der Waals surface area contributed by atoms with Crippen LogP contribution in [0.4, 0.5) is 0 Å². The minimum atomic E-state index is -0.373. The van der Waals surface area contributed by atoms with Gasteiger partial charge < -0.3 is 20.6 Å². The Morgan fingerprint density at radius 2 is 1.82 bits per heavy atom. The van der Waals surface area contributed by atoms with Crippen molar-refractivity contribution < 1.29 is 20.1 Å². The summed E-state index contributed by atoms with van der Waals surface area (Å²) >= 11 is 1.76. The van der Waals surface area contributed by atoms with Crippen molar-refractivity contribution in [3.63, 3.8) is 0 Å². The van der Waals surface area contributed by atoms with Crippen LogP contribution in [0.2, 0.25) is 0 Å². The highest BCUT2D eigenvalue weighted by Gasteiger charge is 2.65. The van der Waals surface area contributed by atoms with Crippen molar-refractivity contribution in [2.24, 2.45) is 46.3 Å². The standard InChI is InChI=1S/C32H49NO4S/c1-20(9-12-29(37)33-15-16-38-23-7-5-4-6-8-23)24-10-11-25-30-26(19-28(36)32(24,25)3)31(2)14-13-22(34)17-21(31)18-27(30)35/h4-8,20-22,24-28,30,34-36H,9-19H2,1-3H3,(H,33,37)/t20-,21+,22-,24-,25+,26+,27-,28+,30+,31+,32-/m1/s1. The molecule has 0 heterocycles. The third-order valence-corrected chi connectivity index (χ3v) is 12.8. The fourth-order valence-electron chi connectivity index (χ4n) is 9.66. The molecule has 1 amide bonds. The molecule has 0 bridgehead atoms. The van der Waals surface area contributed by atoms with Crippen molar-refractivity contribution in [2.75, 3.05) is 12.3 Å². The van der Waals surface area contributed by atoms with Gasteiger partial charge in [-0.15, -0.1) is 11.8 Å². The third kappa shape index (κ3) is 5.20. The van der Waals surface area contributed by atoms with Gasteiger partial charge in [0.25, 0.3) is 0 Å². The van der Waals surface area contributed by atoms with Gasteiger partial charge in [0.2, 0.25) is 5.91 Å². The molecule has 5 rings (SSSR count). The zero-order chi connectivity index (χ0) is 27.1. The summed E-state index contributed by atoms with van der Waals surface area (Å²) in [6.45, 7) is 7.62. The van der Waals surface area contributed by atoms with Crippen LogP contribution in [-0.2, 0) is 4.79 Å². The number of carbonyl (C=O) groups is 1. The molecular formula is C32H49NO4S. The van der Waals surface area contributed by atoms with Gasteiger partial charge in [0.1, 0.15) is 0 Å². The van der Waals surface area contributed by atoms with E-state index in [0.717, 1.165) is 57.1 Å². The van der Waals surface area contributed by atoms with Crippen LogP contribution in [0.1, 0.15) is 78.6 Å². The fraction of sp³-hybridized carbons (Fsp3) is 0.781. The number of nitrogens with one attached hydrogen (secondary N) is 1. The molecule has 5 nitrogen and oxygen atoms in total. The van der Waals surface area contributed by atoms with Gasteiger partial charge in [0.05, 0.1) is 18.3 Å². The number of hydrogen-bond acceptors (Lipinski definition) is 5. The Morgan fingerprint density at radius 3 is 2.58 bits per heavy atom. The van der Waals surface area contributed by atoms with Crippen LogP contribution in [-0.4, -0.2) is 51.8 Å². The van der Waals surface area contributed by atoms with E-state index in [2.05, 4.69) is 38.2 Å². The maximum absolute atomic E-state index is 12.6. The number of aliphatic hydroxyl groups is 3. The number of carbonyl (C=O) groups excluding carboxylic acids is 1. The lowest BCUT2D eigenvalue weighted by Gasteiger charge is -2.63. The summed E-state index contributed by atoms with van der Waals surface area (Å²) in [7, 11) is 0. The molecule has 4 saturated carbocycles. The van der Waals surface area contributed by atoms with Crippen LogP contribution in [0.25, 0.3) is 0 Å². The molecule has 4 N–H and O–H groups in total. The predicted molar refractivity (Wildman–Crippen MR) is 153 cm³/mol. The molecule has 4 aliphatic carbocycles. The number of benzene rings is 1. The predicted octanol–water partition coefficient (Wildman–Crippen LogP) is 5.27. The summed E-state index contributed by atoms with van der Waals surface area (Å²) in [5.41, 5.74) is -0.103. The average molecular weight is 544 g/mol. The molecule has 0 radical (unpaired) electrons. The van der Waals surface area contributed by atoms with Crippen molar-refractivity contribution in [3.05, 3.63) is 30.3 Å². The molecule has 0 aliphatic heterocycles. The van der Waals surface area contributed by atoms with E-state index in [4.69, 9.17) is 0 Å². The van der Waals surface area contributed by atoms with Gasteiger partial charge in [-0.1, -0.05) is 39.0 Å². The average Bonchev–Trinajstić information content (AvgIpc) is 3.26. The van der Waals surface area contributed by atoms with Crippen LogP contribution in [0.5, 0.6) is 0 Å². The second kappa shape index (κ2) is 11.4. The summed E-state index contributed by atoms with van der Waals surface area (Å²) in [6.07, 6.45) is 6.74. The van der Waals surface area contributed by atoms with E-state index in [1.807, 2.05) is 18.2 Å². The maximum Gasteiger partial charge on any atom is 0.220 e. The third-order valence-electron chi connectivity index (χ3n) is 11.8. The lowest BCUT2D eigenvalue weighted by molar-refractivity contribution is -0.207. The van der Waals surface area contributed by atoms with Crippen molar-refractivity contribution in [1.82, 2.24) is 5.32 Å². The second-order valence-electron chi connectivity index (χ2n) is 13.6. The zero-order valence-corrected chi connectivity index (χ0v) is 24.3. The Balaban J connectivity index is 1.17. The summed E-state index contributed by atoms with van der Waals surface area (Å²) < 4.78 is 0.